The topological polar surface area (TPSA) is 29.5 Å². The van der Waals surface area contributed by atoms with Crippen molar-refractivity contribution in [3.63, 3.8) is 0 Å². The maximum absolute atomic E-state index is 10.0. The van der Waals surface area contributed by atoms with E-state index in [0.29, 0.717) is 0 Å². The van der Waals surface area contributed by atoms with Gasteiger partial charge < -0.3 is 9.84 Å². The van der Waals surface area contributed by atoms with Gasteiger partial charge >= 0.3 is 0 Å². The molecule has 0 amide bonds. The normalized spacial score (nSPS) is 12.5. The molecule has 0 aliphatic carbocycles. The van der Waals surface area contributed by atoms with Gasteiger partial charge in [0.2, 0.25) is 0 Å². The van der Waals surface area contributed by atoms with E-state index in [-0.39, 0.29) is 6.10 Å². The van der Waals surface area contributed by atoms with E-state index in [9.17, 15) is 5.11 Å². The van der Waals surface area contributed by atoms with Gasteiger partial charge in [0.25, 0.3) is 0 Å². The Morgan fingerprint density at radius 1 is 1.00 bits per heavy atom. The van der Waals surface area contributed by atoms with Crippen molar-refractivity contribution in [3.05, 3.63) is 71.8 Å². The molecule has 0 spiro atoms. The van der Waals surface area contributed by atoms with Crippen LogP contribution in [0, 0.1) is 0 Å². The molecular weight excluding hydrogens is 272 g/mol. The Kier molecular flexibility index (Phi) is 6.72. The van der Waals surface area contributed by atoms with Crippen molar-refractivity contribution in [1.29, 1.82) is 0 Å². The molecule has 0 saturated heterocycles. The summed E-state index contributed by atoms with van der Waals surface area (Å²) in [5.74, 6) is 0.871. The second-order valence-corrected chi connectivity index (χ2v) is 5.43. The third kappa shape index (κ3) is 5.74. The van der Waals surface area contributed by atoms with Crippen LogP contribution in [0.25, 0.3) is 6.08 Å². The highest BCUT2D eigenvalue weighted by Crippen LogP contribution is 2.14. The summed E-state index contributed by atoms with van der Waals surface area (Å²) in [7, 11) is 1.67. The number of hydrogen-bond donors (Lipinski definition) is 1. The van der Waals surface area contributed by atoms with Gasteiger partial charge in [0.05, 0.1) is 13.2 Å². The highest BCUT2D eigenvalue weighted by Gasteiger charge is 2.03. The summed E-state index contributed by atoms with van der Waals surface area (Å²) in [5, 5.41) is 10.0. The number of rotatable bonds is 8. The van der Waals surface area contributed by atoms with Crippen LogP contribution >= 0.6 is 0 Å². The fourth-order valence-corrected chi connectivity index (χ4v) is 2.34. The maximum Gasteiger partial charge on any atom is 0.118 e. The zero-order valence-electron chi connectivity index (χ0n) is 13.1. The molecule has 0 aliphatic heterocycles. The molecule has 0 unspecified atom stereocenters. The van der Waals surface area contributed by atoms with Gasteiger partial charge in [-0.05, 0) is 48.9 Å². The fourth-order valence-electron chi connectivity index (χ4n) is 2.34. The Morgan fingerprint density at radius 2 is 1.73 bits per heavy atom. The van der Waals surface area contributed by atoms with E-state index in [1.54, 1.807) is 7.11 Å². The maximum atomic E-state index is 10.0. The van der Waals surface area contributed by atoms with E-state index in [2.05, 4.69) is 36.4 Å². The fraction of sp³-hybridized carbons (Fsp3) is 0.300. The first-order valence-corrected chi connectivity index (χ1v) is 7.80. The molecule has 2 aromatic carbocycles. The minimum Gasteiger partial charge on any atom is -0.497 e. The molecule has 0 aromatic heterocycles. The number of ether oxygens (including phenoxy) is 1. The molecule has 0 heterocycles. The van der Waals surface area contributed by atoms with Gasteiger partial charge in [-0.1, -0.05) is 54.6 Å². The quantitative estimate of drug-likeness (QED) is 0.778. The van der Waals surface area contributed by atoms with Crippen molar-refractivity contribution in [2.75, 3.05) is 7.11 Å². The van der Waals surface area contributed by atoms with Gasteiger partial charge in [0.1, 0.15) is 5.75 Å². The molecule has 2 heteroatoms. The molecule has 0 saturated carbocycles. The summed E-state index contributed by atoms with van der Waals surface area (Å²) in [5.41, 5.74) is 2.44. The van der Waals surface area contributed by atoms with E-state index in [4.69, 9.17) is 4.74 Å². The number of aliphatic hydroxyl groups is 1. The van der Waals surface area contributed by atoms with Crippen LogP contribution < -0.4 is 4.74 Å². The van der Waals surface area contributed by atoms with Crippen molar-refractivity contribution >= 4 is 6.08 Å². The zero-order chi connectivity index (χ0) is 15.6. The van der Waals surface area contributed by atoms with Crippen molar-refractivity contribution in [2.45, 2.75) is 31.8 Å². The van der Waals surface area contributed by atoms with E-state index < -0.39 is 0 Å². The Balaban J connectivity index is 1.67. The number of hydrogen-bond acceptors (Lipinski definition) is 2. The van der Waals surface area contributed by atoms with Crippen LogP contribution in [-0.2, 0) is 6.42 Å². The predicted molar refractivity (Wildman–Crippen MR) is 92.0 cm³/mol. The van der Waals surface area contributed by atoms with E-state index >= 15 is 0 Å². The Labute approximate surface area is 133 Å². The standard InChI is InChI=1S/C20H24O2/c1-22-20-15-12-18(13-16-20)11-14-19(21)10-6-5-9-17-7-3-2-4-8-17/h2-5,7-9,12-13,15-16,19,21H,6,10-11,14H2,1H3/b9-5+/t19-/m0/s1. The van der Waals surface area contributed by atoms with Gasteiger partial charge in [-0.25, -0.2) is 0 Å². The van der Waals surface area contributed by atoms with Gasteiger partial charge in [-0.2, -0.15) is 0 Å². The van der Waals surface area contributed by atoms with Crippen molar-refractivity contribution in [1.82, 2.24) is 0 Å². The van der Waals surface area contributed by atoms with Gasteiger partial charge in [0.15, 0.2) is 0 Å². The molecule has 1 N–H and O–H groups in total. The first kappa shape index (κ1) is 16.3. The number of methoxy groups -OCH3 is 1. The van der Waals surface area contributed by atoms with Crippen LogP contribution in [0.1, 0.15) is 30.4 Å². The van der Waals surface area contributed by atoms with Gasteiger partial charge in [-0.15, -0.1) is 0 Å². The lowest BCUT2D eigenvalue weighted by atomic mass is 10.0. The Morgan fingerprint density at radius 3 is 2.41 bits per heavy atom. The highest BCUT2D eigenvalue weighted by atomic mass is 16.5. The number of aryl methyl sites for hydroxylation is 1. The smallest absolute Gasteiger partial charge is 0.118 e. The molecule has 0 bridgehead atoms. The molecule has 0 fully saturated rings. The lowest BCUT2D eigenvalue weighted by molar-refractivity contribution is 0.156. The van der Waals surface area contributed by atoms with Gasteiger partial charge in [-0.3, -0.25) is 0 Å². The zero-order valence-corrected chi connectivity index (χ0v) is 13.1. The van der Waals surface area contributed by atoms with Crippen LogP contribution in [0.15, 0.2) is 60.7 Å². The van der Waals surface area contributed by atoms with Crippen LogP contribution in [0.2, 0.25) is 0 Å². The van der Waals surface area contributed by atoms with Crippen molar-refractivity contribution in [3.8, 4) is 5.75 Å². The summed E-state index contributed by atoms with van der Waals surface area (Å²) < 4.78 is 5.14. The molecule has 2 aromatic rings. The van der Waals surface area contributed by atoms with Crippen molar-refractivity contribution < 1.29 is 9.84 Å². The van der Waals surface area contributed by atoms with E-state index in [1.165, 1.54) is 11.1 Å². The Hall–Kier alpha value is -2.06. The third-order valence-corrected chi connectivity index (χ3v) is 3.70. The Bertz CT molecular complexity index is 558. The first-order valence-electron chi connectivity index (χ1n) is 7.80. The van der Waals surface area contributed by atoms with Crippen LogP contribution in [0.3, 0.4) is 0 Å². The average molecular weight is 296 g/mol. The van der Waals surface area contributed by atoms with Crippen molar-refractivity contribution in [2.24, 2.45) is 0 Å². The molecule has 0 aliphatic rings. The molecular formula is C20H24O2. The summed E-state index contributed by atoms with van der Waals surface area (Å²) >= 11 is 0. The van der Waals surface area contributed by atoms with E-state index in [0.717, 1.165) is 31.4 Å². The summed E-state index contributed by atoms with van der Waals surface area (Å²) in [6.07, 6.45) is 7.39. The second kappa shape index (κ2) is 9.06. The first-order chi connectivity index (χ1) is 10.8. The minimum atomic E-state index is -0.248. The molecule has 0 radical (unpaired) electrons. The lowest BCUT2D eigenvalue weighted by Crippen LogP contribution is -2.07. The minimum absolute atomic E-state index is 0.248. The summed E-state index contributed by atoms with van der Waals surface area (Å²) in [6, 6.07) is 18.3. The van der Waals surface area contributed by atoms with E-state index in [1.807, 2.05) is 30.3 Å². The summed E-state index contributed by atoms with van der Waals surface area (Å²) in [4.78, 5) is 0. The monoisotopic (exact) mass is 296 g/mol. The van der Waals surface area contributed by atoms with Crippen LogP contribution in [0.4, 0.5) is 0 Å². The molecule has 2 rings (SSSR count). The number of benzene rings is 2. The third-order valence-electron chi connectivity index (χ3n) is 3.70. The SMILES string of the molecule is COc1ccc(CC[C@@H](O)CC/C=C/c2ccccc2)cc1. The molecule has 22 heavy (non-hydrogen) atoms. The molecule has 1 atom stereocenters. The molecule has 2 nitrogen and oxygen atoms in total. The highest BCUT2D eigenvalue weighted by molar-refractivity contribution is 5.48. The summed E-state index contributed by atoms with van der Waals surface area (Å²) in [6.45, 7) is 0. The predicted octanol–water partition coefficient (Wildman–Crippen LogP) is 4.48. The van der Waals surface area contributed by atoms with Crippen LogP contribution in [-0.4, -0.2) is 18.3 Å². The molecule has 116 valence electrons. The van der Waals surface area contributed by atoms with Gasteiger partial charge in [0, 0.05) is 0 Å². The largest absolute Gasteiger partial charge is 0.497 e. The number of allylic oxidation sites excluding steroid dienone is 1. The second-order valence-electron chi connectivity index (χ2n) is 5.43. The van der Waals surface area contributed by atoms with Crippen LogP contribution in [0.5, 0.6) is 5.75 Å². The number of aliphatic hydroxyl groups excluding tert-OH is 1. The average Bonchev–Trinajstić information content (AvgIpc) is 2.58. The lowest BCUT2D eigenvalue weighted by Gasteiger charge is -2.09.